The Hall–Kier alpha value is -1.55. The van der Waals surface area contributed by atoms with Crippen LogP contribution < -0.4 is 4.74 Å². The minimum absolute atomic E-state index is 0.246. The van der Waals surface area contributed by atoms with Gasteiger partial charge in [0.25, 0.3) is 0 Å². The standard InChI is InChI=1S/C16H24O4/c1-5-12(2)15-6-8-16(9-7-15)20-14(4)19-11-10-18-13(3)17/h6-9,12,14H,5,10-11H2,1-4H3. The van der Waals surface area contributed by atoms with E-state index in [2.05, 4.69) is 26.0 Å². The largest absolute Gasteiger partial charge is 0.465 e. The molecule has 0 spiro atoms. The zero-order valence-electron chi connectivity index (χ0n) is 12.7. The van der Waals surface area contributed by atoms with E-state index in [9.17, 15) is 4.79 Å². The highest BCUT2D eigenvalue weighted by Crippen LogP contribution is 2.22. The molecule has 0 aromatic heterocycles. The van der Waals surface area contributed by atoms with E-state index in [0.717, 1.165) is 12.2 Å². The Labute approximate surface area is 121 Å². The van der Waals surface area contributed by atoms with Crippen molar-refractivity contribution in [3.05, 3.63) is 29.8 Å². The number of hydrogen-bond acceptors (Lipinski definition) is 4. The van der Waals surface area contributed by atoms with E-state index in [1.165, 1.54) is 12.5 Å². The number of benzene rings is 1. The molecule has 0 fully saturated rings. The highest BCUT2D eigenvalue weighted by Gasteiger charge is 2.06. The summed E-state index contributed by atoms with van der Waals surface area (Å²) >= 11 is 0. The van der Waals surface area contributed by atoms with E-state index in [-0.39, 0.29) is 18.9 Å². The number of carbonyl (C=O) groups is 1. The Kier molecular flexibility index (Phi) is 7.09. The molecule has 0 N–H and O–H groups in total. The number of hydrogen-bond donors (Lipinski definition) is 0. The molecule has 20 heavy (non-hydrogen) atoms. The molecule has 0 amide bonds. The Balaban J connectivity index is 2.34. The van der Waals surface area contributed by atoms with Gasteiger partial charge in [-0.3, -0.25) is 4.79 Å². The van der Waals surface area contributed by atoms with Crippen molar-refractivity contribution >= 4 is 5.97 Å². The van der Waals surface area contributed by atoms with E-state index in [0.29, 0.717) is 12.5 Å². The molecule has 2 unspecified atom stereocenters. The summed E-state index contributed by atoms with van der Waals surface area (Å²) in [6.45, 7) is 8.14. The first-order chi connectivity index (χ1) is 9.52. The summed E-state index contributed by atoms with van der Waals surface area (Å²) in [6.07, 6.45) is 0.746. The fourth-order valence-corrected chi connectivity index (χ4v) is 1.74. The number of rotatable bonds is 8. The Morgan fingerprint density at radius 3 is 2.35 bits per heavy atom. The van der Waals surface area contributed by atoms with Crippen molar-refractivity contribution in [3.8, 4) is 5.75 Å². The summed E-state index contributed by atoms with van der Waals surface area (Å²) in [5.41, 5.74) is 1.31. The van der Waals surface area contributed by atoms with E-state index < -0.39 is 0 Å². The SMILES string of the molecule is CCC(C)c1ccc(OC(C)OCCOC(C)=O)cc1. The van der Waals surface area contributed by atoms with Crippen LogP contribution in [0, 0.1) is 0 Å². The Morgan fingerprint density at radius 1 is 1.15 bits per heavy atom. The molecule has 1 aromatic carbocycles. The average molecular weight is 280 g/mol. The average Bonchev–Trinajstić information content (AvgIpc) is 2.43. The van der Waals surface area contributed by atoms with E-state index in [4.69, 9.17) is 14.2 Å². The third-order valence-corrected chi connectivity index (χ3v) is 3.10. The van der Waals surface area contributed by atoms with Gasteiger partial charge in [-0.25, -0.2) is 0 Å². The van der Waals surface area contributed by atoms with Gasteiger partial charge >= 0.3 is 5.97 Å². The molecule has 1 rings (SSSR count). The van der Waals surface area contributed by atoms with Gasteiger partial charge in [-0.05, 0) is 37.0 Å². The molecule has 112 valence electrons. The van der Waals surface area contributed by atoms with Gasteiger partial charge in [0, 0.05) is 6.92 Å². The highest BCUT2D eigenvalue weighted by molar-refractivity contribution is 5.65. The van der Waals surface area contributed by atoms with Gasteiger partial charge in [0.15, 0.2) is 6.29 Å². The minimum Gasteiger partial charge on any atom is -0.465 e. The fourth-order valence-electron chi connectivity index (χ4n) is 1.74. The maximum absolute atomic E-state index is 10.6. The first kappa shape index (κ1) is 16.5. The molecule has 1 aromatic rings. The van der Waals surface area contributed by atoms with Crippen LogP contribution in [0.15, 0.2) is 24.3 Å². The molecule has 0 aliphatic rings. The first-order valence-electron chi connectivity index (χ1n) is 7.04. The van der Waals surface area contributed by atoms with Crippen molar-refractivity contribution < 1.29 is 19.0 Å². The zero-order chi connectivity index (χ0) is 15.0. The maximum atomic E-state index is 10.6. The third-order valence-electron chi connectivity index (χ3n) is 3.10. The van der Waals surface area contributed by atoms with Crippen LogP contribution in [0.3, 0.4) is 0 Å². The van der Waals surface area contributed by atoms with Gasteiger partial charge in [0.2, 0.25) is 0 Å². The van der Waals surface area contributed by atoms with Gasteiger partial charge in [-0.15, -0.1) is 0 Å². The maximum Gasteiger partial charge on any atom is 0.302 e. The molecule has 2 atom stereocenters. The predicted octanol–water partition coefficient (Wildman–Crippen LogP) is 3.50. The van der Waals surface area contributed by atoms with Gasteiger partial charge in [0.05, 0.1) is 6.61 Å². The molecule has 0 saturated carbocycles. The van der Waals surface area contributed by atoms with Crippen molar-refractivity contribution in [1.82, 2.24) is 0 Å². The Bertz CT molecular complexity index is 399. The normalized spacial score (nSPS) is 13.6. The van der Waals surface area contributed by atoms with Gasteiger partial charge in [0.1, 0.15) is 12.4 Å². The lowest BCUT2D eigenvalue weighted by atomic mass is 9.99. The molecule has 0 saturated heterocycles. The molecule has 0 aliphatic carbocycles. The van der Waals surface area contributed by atoms with Gasteiger partial charge < -0.3 is 14.2 Å². The monoisotopic (exact) mass is 280 g/mol. The summed E-state index contributed by atoms with van der Waals surface area (Å²) in [6, 6.07) is 8.06. The van der Waals surface area contributed by atoms with Crippen LogP contribution in [0.5, 0.6) is 5.75 Å². The number of esters is 1. The van der Waals surface area contributed by atoms with Gasteiger partial charge in [-0.1, -0.05) is 26.0 Å². The van der Waals surface area contributed by atoms with Crippen molar-refractivity contribution in [2.45, 2.75) is 46.3 Å². The lowest BCUT2D eigenvalue weighted by molar-refractivity contribution is -0.145. The minimum atomic E-state index is -0.375. The molecule has 0 bridgehead atoms. The third kappa shape index (κ3) is 6.06. The predicted molar refractivity (Wildman–Crippen MR) is 77.8 cm³/mol. The summed E-state index contributed by atoms with van der Waals surface area (Å²) in [7, 11) is 0. The molecular weight excluding hydrogens is 256 g/mol. The van der Waals surface area contributed by atoms with Crippen LogP contribution in [0.25, 0.3) is 0 Å². The lowest BCUT2D eigenvalue weighted by Gasteiger charge is -2.16. The van der Waals surface area contributed by atoms with E-state index in [1.807, 2.05) is 19.1 Å². The van der Waals surface area contributed by atoms with E-state index >= 15 is 0 Å². The van der Waals surface area contributed by atoms with Crippen molar-refractivity contribution in [3.63, 3.8) is 0 Å². The van der Waals surface area contributed by atoms with Gasteiger partial charge in [-0.2, -0.15) is 0 Å². The topological polar surface area (TPSA) is 44.8 Å². The molecule has 0 aliphatic heterocycles. The van der Waals surface area contributed by atoms with Crippen molar-refractivity contribution in [2.75, 3.05) is 13.2 Å². The molecule has 0 radical (unpaired) electrons. The van der Waals surface area contributed by atoms with Crippen LogP contribution >= 0.6 is 0 Å². The van der Waals surface area contributed by atoms with Crippen LogP contribution in [-0.4, -0.2) is 25.5 Å². The zero-order valence-corrected chi connectivity index (χ0v) is 12.7. The van der Waals surface area contributed by atoms with Crippen LogP contribution in [0.2, 0.25) is 0 Å². The molecule has 4 nitrogen and oxygen atoms in total. The second-order valence-corrected chi connectivity index (χ2v) is 4.77. The number of ether oxygens (including phenoxy) is 3. The molecule has 0 heterocycles. The summed E-state index contributed by atoms with van der Waals surface area (Å²) in [4.78, 5) is 10.6. The van der Waals surface area contributed by atoms with Crippen molar-refractivity contribution in [2.24, 2.45) is 0 Å². The highest BCUT2D eigenvalue weighted by atomic mass is 16.7. The molecule has 4 heteroatoms. The fraction of sp³-hybridized carbons (Fsp3) is 0.562. The second-order valence-electron chi connectivity index (χ2n) is 4.77. The molecular formula is C16H24O4. The summed E-state index contributed by atoms with van der Waals surface area (Å²) < 4.78 is 15.8. The van der Waals surface area contributed by atoms with Crippen LogP contribution in [0.4, 0.5) is 0 Å². The summed E-state index contributed by atoms with van der Waals surface area (Å²) in [5, 5.41) is 0. The summed E-state index contributed by atoms with van der Waals surface area (Å²) in [5.74, 6) is 1.03. The first-order valence-corrected chi connectivity index (χ1v) is 7.04. The second kappa shape index (κ2) is 8.59. The van der Waals surface area contributed by atoms with Crippen molar-refractivity contribution in [1.29, 1.82) is 0 Å². The number of carbonyl (C=O) groups excluding carboxylic acids is 1. The van der Waals surface area contributed by atoms with Crippen LogP contribution in [0.1, 0.15) is 45.6 Å². The quantitative estimate of drug-likeness (QED) is 0.415. The smallest absolute Gasteiger partial charge is 0.302 e. The lowest BCUT2D eigenvalue weighted by Crippen LogP contribution is -2.19. The van der Waals surface area contributed by atoms with Crippen LogP contribution in [-0.2, 0) is 14.3 Å². The Morgan fingerprint density at radius 2 is 1.80 bits per heavy atom. The van der Waals surface area contributed by atoms with E-state index in [1.54, 1.807) is 0 Å².